The third-order valence-electron chi connectivity index (χ3n) is 3.18. The van der Waals surface area contributed by atoms with Crippen LogP contribution in [0.3, 0.4) is 0 Å². The van der Waals surface area contributed by atoms with E-state index in [4.69, 9.17) is 21.1 Å². The number of para-hydroxylation sites is 1. The standard InChI is InChI=1S/C17H14ClNO3S/c1-2-7-23-15-6-4-3-5-13(15)19-17(20)11-8-12(18)16-14(9-11)21-10-22-16/h2-6,8-9H,1,7,10H2,(H,19,20). The Hall–Kier alpha value is -2.11. The van der Waals surface area contributed by atoms with Crippen molar-refractivity contribution in [1.29, 1.82) is 0 Å². The average Bonchev–Trinajstić information content (AvgIpc) is 3.03. The highest BCUT2D eigenvalue weighted by molar-refractivity contribution is 7.99. The molecule has 1 aliphatic heterocycles. The molecule has 2 aromatic carbocycles. The van der Waals surface area contributed by atoms with Crippen molar-refractivity contribution in [2.45, 2.75) is 4.90 Å². The van der Waals surface area contributed by atoms with Crippen molar-refractivity contribution in [3.63, 3.8) is 0 Å². The first-order chi connectivity index (χ1) is 11.2. The topological polar surface area (TPSA) is 47.6 Å². The number of carbonyl (C=O) groups is 1. The van der Waals surface area contributed by atoms with Crippen molar-refractivity contribution in [2.75, 3.05) is 17.9 Å². The van der Waals surface area contributed by atoms with Crippen LogP contribution < -0.4 is 14.8 Å². The number of halogens is 1. The van der Waals surface area contributed by atoms with Crippen LogP contribution in [0.15, 0.2) is 53.9 Å². The number of amides is 1. The fourth-order valence-electron chi connectivity index (χ4n) is 2.14. The summed E-state index contributed by atoms with van der Waals surface area (Å²) in [5, 5.41) is 3.27. The first-order valence-electron chi connectivity index (χ1n) is 6.92. The summed E-state index contributed by atoms with van der Waals surface area (Å²) < 4.78 is 10.5. The van der Waals surface area contributed by atoms with Crippen LogP contribution in [0.4, 0.5) is 5.69 Å². The lowest BCUT2D eigenvalue weighted by molar-refractivity contribution is 0.102. The van der Waals surface area contributed by atoms with Gasteiger partial charge in [0.2, 0.25) is 6.79 Å². The summed E-state index contributed by atoms with van der Waals surface area (Å²) in [6.07, 6.45) is 1.82. The molecule has 6 heteroatoms. The van der Waals surface area contributed by atoms with Gasteiger partial charge >= 0.3 is 0 Å². The highest BCUT2D eigenvalue weighted by Crippen LogP contribution is 2.40. The molecule has 0 saturated heterocycles. The minimum absolute atomic E-state index is 0.112. The Morgan fingerprint density at radius 3 is 3.00 bits per heavy atom. The first kappa shape index (κ1) is 15.8. The van der Waals surface area contributed by atoms with E-state index in [0.717, 1.165) is 16.3 Å². The number of ether oxygens (including phenoxy) is 2. The Morgan fingerprint density at radius 1 is 1.35 bits per heavy atom. The number of anilines is 1. The van der Waals surface area contributed by atoms with Gasteiger partial charge < -0.3 is 14.8 Å². The minimum atomic E-state index is -0.253. The van der Waals surface area contributed by atoms with Gasteiger partial charge in [0.25, 0.3) is 5.91 Å². The van der Waals surface area contributed by atoms with E-state index in [0.29, 0.717) is 22.1 Å². The second-order valence-electron chi connectivity index (χ2n) is 4.74. The van der Waals surface area contributed by atoms with Gasteiger partial charge in [0, 0.05) is 16.2 Å². The Morgan fingerprint density at radius 2 is 2.17 bits per heavy atom. The van der Waals surface area contributed by atoms with Gasteiger partial charge in [0.15, 0.2) is 11.5 Å². The fourth-order valence-corrected chi connectivity index (χ4v) is 3.15. The maximum Gasteiger partial charge on any atom is 0.255 e. The number of hydrogen-bond donors (Lipinski definition) is 1. The van der Waals surface area contributed by atoms with Crippen LogP contribution in [0.5, 0.6) is 11.5 Å². The molecule has 2 aromatic rings. The Kier molecular flexibility index (Phi) is 4.79. The van der Waals surface area contributed by atoms with Crippen LogP contribution in [0.2, 0.25) is 5.02 Å². The number of nitrogens with one attached hydrogen (secondary N) is 1. The van der Waals surface area contributed by atoms with E-state index in [9.17, 15) is 4.79 Å². The second-order valence-corrected chi connectivity index (χ2v) is 6.21. The predicted octanol–water partition coefficient (Wildman–Crippen LogP) is 4.60. The number of rotatable bonds is 5. The average molecular weight is 348 g/mol. The van der Waals surface area contributed by atoms with Crippen LogP contribution in [0.1, 0.15) is 10.4 Å². The van der Waals surface area contributed by atoms with E-state index in [1.807, 2.05) is 30.3 Å². The quantitative estimate of drug-likeness (QED) is 0.634. The van der Waals surface area contributed by atoms with E-state index in [1.165, 1.54) is 0 Å². The summed E-state index contributed by atoms with van der Waals surface area (Å²) in [6, 6.07) is 10.8. The maximum atomic E-state index is 12.5. The molecule has 0 aromatic heterocycles. The Balaban J connectivity index is 1.83. The molecule has 0 unspecified atom stereocenters. The molecule has 0 atom stereocenters. The van der Waals surface area contributed by atoms with Gasteiger partial charge in [-0.3, -0.25) is 4.79 Å². The van der Waals surface area contributed by atoms with Gasteiger partial charge in [-0.2, -0.15) is 0 Å². The van der Waals surface area contributed by atoms with E-state index < -0.39 is 0 Å². The van der Waals surface area contributed by atoms with Crippen LogP contribution in [0, 0.1) is 0 Å². The molecule has 1 aliphatic rings. The zero-order valence-electron chi connectivity index (χ0n) is 12.2. The first-order valence-corrected chi connectivity index (χ1v) is 8.28. The number of thioether (sulfide) groups is 1. The monoisotopic (exact) mass is 347 g/mol. The minimum Gasteiger partial charge on any atom is -0.454 e. The molecule has 1 amide bonds. The number of carbonyl (C=O) groups excluding carboxylic acids is 1. The summed E-state index contributed by atoms with van der Waals surface area (Å²) in [4.78, 5) is 13.5. The van der Waals surface area contributed by atoms with Crippen molar-refractivity contribution >= 4 is 35.0 Å². The van der Waals surface area contributed by atoms with Crippen molar-refractivity contribution in [3.05, 3.63) is 59.6 Å². The zero-order valence-corrected chi connectivity index (χ0v) is 13.7. The summed E-state index contributed by atoms with van der Waals surface area (Å²) in [6.45, 7) is 3.82. The lowest BCUT2D eigenvalue weighted by atomic mass is 10.2. The Labute approximate surface area is 143 Å². The van der Waals surface area contributed by atoms with Crippen molar-refractivity contribution in [2.24, 2.45) is 0 Å². The van der Waals surface area contributed by atoms with Crippen molar-refractivity contribution in [1.82, 2.24) is 0 Å². The Bertz CT molecular complexity index is 763. The molecule has 0 fully saturated rings. The van der Waals surface area contributed by atoms with E-state index in [-0.39, 0.29) is 12.7 Å². The van der Waals surface area contributed by atoms with Gasteiger partial charge in [-0.15, -0.1) is 18.3 Å². The van der Waals surface area contributed by atoms with E-state index >= 15 is 0 Å². The molecule has 0 aliphatic carbocycles. The molecule has 118 valence electrons. The lowest BCUT2D eigenvalue weighted by Gasteiger charge is -2.11. The lowest BCUT2D eigenvalue weighted by Crippen LogP contribution is -2.12. The van der Waals surface area contributed by atoms with Crippen molar-refractivity contribution < 1.29 is 14.3 Å². The number of hydrogen-bond acceptors (Lipinski definition) is 4. The number of benzene rings is 2. The molecule has 3 rings (SSSR count). The van der Waals surface area contributed by atoms with Crippen LogP contribution in [-0.4, -0.2) is 18.5 Å². The molecular weight excluding hydrogens is 334 g/mol. The third-order valence-corrected chi connectivity index (χ3v) is 4.53. The van der Waals surface area contributed by atoms with Crippen molar-refractivity contribution in [3.8, 4) is 11.5 Å². The summed E-state index contributed by atoms with van der Waals surface area (Å²) >= 11 is 7.73. The molecule has 0 saturated carbocycles. The SMILES string of the molecule is C=CCSc1ccccc1NC(=O)c1cc(Cl)c2c(c1)OCO2. The smallest absolute Gasteiger partial charge is 0.255 e. The van der Waals surface area contributed by atoms with E-state index in [1.54, 1.807) is 23.9 Å². The highest BCUT2D eigenvalue weighted by atomic mass is 35.5. The second kappa shape index (κ2) is 6.98. The third kappa shape index (κ3) is 3.46. The summed E-state index contributed by atoms with van der Waals surface area (Å²) in [5.74, 6) is 1.47. The maximum absolute atomic E-state index is 12.5. The summed E-state index contributed by atoms with van der Waals surface area (Å²) in [5.41, 5.74) is 1.17. The van der Waals surface area contributed by atoms with Crippen LogP contribution in [0.25, 0.3) is 0 Å². The largest absolute Gasteiger partial charge is 0.454 e. The van der Waals surface area contributed by atoms with Crippen LogP contribution in [-0.2, 0) is 0 Å². The molecule has 0 bridgehead atoms. The highest BCUT2D eigenvalue weighted by Gasteiger charge is 2.21. The molecule has 1 N–H and O–H groups in total. The molecular formula is C17H14ClNO3S. The summed E-state index contributed by atoms with van der Waals surface area (Å²) in [7, 11) is 0. The van der Waals surface area contributed by atoms with Gasteiger partial charge in [-0.25, -0.2) is 0 Å². The zero-order chi connectivity index (χ0) is 16.2. The van der Waals surface area contributed by atoms with Gasteiger partial charge in [-0.1, -0.05) is 29.8 Å². The molecule has 4 nitrogen and oxygen atoms in total. The van der Waals surface area contributed by atoms with Gasteiger partial charge in [0.05, 0.1) is 10.7 Å². The van der Waals surface area contributed by atoms with Gasteiger partial charge in [-0.05, 0) is 24.3 Å². The molecule has 0 spiro atoms. The molecule has 0 radical (unpaired) electrons. The predicted molar refractivity (Wildman–Crippen MR) is 92.9 cm³/mol. The van der Waals surface area contributed by atoms with E-state index in [2.05, 4.69) is 11.9 Å². The number of fused-ring (bicyclic) bond motifs is 1. The normalized spacial score (nSPS) is 12.0. The van der Waals surface area contributed by atoms with Gasteiger partial charge in [0.1, 0.15) is 0 Å². The molecule has 23 heavy (non-hydrogen) atoms. The molecule has 1 heterocycles. The van der Waals surface area contributed by atoms with Crippen LogP contribution >= 0.6 is 23.4 Å². The fraction of sp³-hybridized carbons (Fsp3) is 0.118.